The van der Waals surface area contributed by atoms with Gasteiger partial charge in [-0.3, -0.25) is 0 Å². The van der Waals surface area contributed by atoms with E-state index in [1.165, 1.54) is 6.42 Å². The highest BCUT2D eigenvalue weighted by Crippen LogP contribution is 2.87. The van der Waals surface area contributed by atoms with E-state index < -0.39 is 11.2 Å². The largest absolute Gasteiger partial charge is 0.389 e. The fourth-order valence-electron chi connectivity index (χ4n) is 7.06. The summed E-state index contributed by atoms with van der Waals surface area (Å²) in [5.41, 5.74) is -1.15. The van der Waals surface area contributed by atoms with E-state index in [2.05, 4.69) is 15.9 Å². The van der Waals surface area contributed by atoms with Gasteiger partial charge in [-0.1, -0.05) is 15.9 Å². The zero-order valence-electron chi connectivity index (χ0n) is 8.60. The van der Waals surface area contributed by atoms with Gasteiger partial charge < -0.3 is 10.2 Å². The molecule has 0 aromatic rings. The molecule has 6 saturated carbocycles. The van der Waals surface area contributed by atoms with E-state index in [1.54, 1.807) is 0 Å². The van der Waals surface area contributed by atoms with Gasteiger partial charge in [0.1, 0.15) is 0 Å². The molecule has 3 heteroatoms. The van der Waals surface area contributed by atoms with Gasteiger partial charge >= 0.3 is 0 Å². The number of rotatable bonds is 0. The van der Waals surface area contributed by atoms with E-state index in [9.17, 15) is 10.2 Å². The molecule has 82 valence electrons. The third-order valence-corrected chi connectivity index (χ3v) is 8.13. The number of hydrogen-bond donors (Lipinski definition) is 2. The van der Waals surface area contributed by atoms with Crippen LogP contribution < -0.4 is 0 Å². The first-order valence-corrected chi connectivity index (χ1v) is 7.01. The Morgan fingerprint density at radius 1 is 1.13 bits per heavy atom. The second kappa shape index (κ2) is 1.85. The summed E-state index contributed by atoms with van der Waals surface area (Å²) in [6.45, 7) is 1.98. The minimum Gasteiger partial charge on any atom is -0.389 e. The summed E-state index contributed by atoms with van der Waals surface area (Å²) in [6.07, 6.45) is 1.28. The lowest BCUT2D eigenvalue weighted by Gasteiger charge is -2.38. The molecule has 15 heavy (non-hydrogen) atoms. The standard InChI is InChI=1S/C12H15BrO2/c1-11(14)7-3-2-4-6-5(3)9(11)12(15,8(4)7)10(6)13/h3-10,14-15H,2H2,1H3/t3-,4+,5+,6-,7-,8+,9-,10+,11-,12+/m1/s1. The quantitative estimate of drug-likeness (QED) is 0.645. The Kier molecular flexibility index (Phi) is 1.05. The molecule has 0 radical (unpaired) electrons. The van der Waals surface area contributed by atoms with Crippen molar-refractivity contribution in [2.45, 2.75) is 29.4 Å². The van der Waals surface area contributed by atoms with Gasteiger partial charge in [-0.25, -0.2) is 0 Å². The lowest BCUT2D eigenvalue weighted by Crippen LogP contribution is -2.47. The van der Waals surface area contributed by atoms with Gasteiger partial charge in [0.05, 0.1) is 11.2 Å². The molecule has 0 unspecified atom stereocenters. The predicted molar refractivity (Wildman–Crippen MR) is 57.3 cm³/mol. The van der Waals surface area contributed by atoms with Crippen molar-refractivity contribution < 1.29 is 10.2 Å². The van der Waals surface area contributed by atoms with Crippen LogP contribution in [-0.4, -0.2) is 26.2 Å². The van der Waals surface area contributed by atoms with E-state index >= 15 is 0 Å². The molecule has 6 aliphatic rings. The van der Waals surface area contributed by atoms with Crippen molar-refractivity contribution >= 4 is 15.9 Å². The fraction of sp³-hybridized carbons (Fsp3) is 1.00. The van der Waals surface area contributed by atoms with Gasteiger partial charge in [0.25, 0.3) is 0 Å². The summed E-state index contributed by atoms with van der Waals surface area (Å²) >= 11 is 3.73. The van der Waals surface area contributed by atoms with Crippen LogP contribution in [0.2, 0.25) is 0 Å². The van der Waals surface area contributed by atoms with Crippen molar-refractivity contribution in [2.24, 2.45) is 41.4 Å². The van der Waals surface area contributed by atoms with Gasteiger partial charge in [0.15, 0.2) is 0 Å². The van der Waals surface area contributed by atoms with E-state index in [4.69, 9.17) is 0 Å². The second-order valence-electron chi connectivity index (χ2n) is 6.76. The molecule has 6 fully saturated rings. The molecule has 10 atom stereocenters. The normalized spacial score (nSPS) is 85.6. The summed E-state index contributed by atoms with van der Waals surface area (Å²) in [5.74, 6) is 3.70. The van der Waals surface area contributed by atoms with Crippen molar-refractivity contribution in [1.82, 2.24) is 0 Å². The molecule has 2 nitrogen and oxygen atoms in total. The minimum atomic E-state index is -0.583. The molecule has 6 rings (SSSR count). The predicted octanol–water partition coefficient (Wildman–Crippen LogP) is 1.00. The zero-order chi connectivity index (χ0) is 10.3. The Morgan fingerprint density at radius 2 is 1.80 bits per heavy atom. The Morgan fingerprint density at radius 3 is 2.47 bits per heavy atom. The lowest BCUT2D eigenvalue weighted by molar-refractivity contribution is -0.0700. The smallest absolute Gasteiger partial charge is 0.0867 e. The highest BCUT2D eigenvalue weighted by Gasteiger charge is 2.91. The summed E-state index contributed by atoms with van der Waals surface area (Å²) in [7, 11) is 0. The molecule has 0 spiro atoms. The van der Waals surface area contributed by atoms with E-state index in [0.29, 0.717) is 29.6 Å². The maximum Gasteiger partial charge on any atom is 0.0867 e. The number of halogens is 1. The molecule has 0 aliphatic heterocycles. The third kappa shape index (κ3) is 0.502. The van der Waals surface area contributed by atoms with E-state index in [1.807, 2.05) is 6.92 Å². The zero-order valence-corrected chi connectivity index (χ0v) is 10.2. The highest BCUT2D eigenvalue weighted by molar-refractivity contribution is 9.09. The van der Waals surface area contributed by atoms with Crippen molar-refractivity contribution in [3.63, 3.8) is 0 Å². The van der Waals surface area contributed by atoms with Crippen LogP contribution in [0.5, 0.6) is 0 Å². The van der Waals surface area contributed by atoms with Crippen molar-refractivity contribution in [2.75, 3.05) is 0 Å². The Bertz CT molecular complexity index is 393. The molecule has 6 bridgehead atoms. The van der Waals surface area contributed by atoms with E-state index in [-0.39, 0.29) is 10.7 Å². The van der Waals surface area contributed by atoms with Crippen LogP contribution >= 0.6 is 15.9 Å². The van der Waals surface area contributed by atoms with Crippen LogP contribution in [-0.2, 0) is 0 Å². The van der Waals surface area contributed by atoms with E-state index in [0.717, 1.165) is 5.92 Å². The molecule has 2 N–H and O–H groups in total. The van der Waals surface area contributed by atoms with Crippen LogP contribution in [0.25, 0.3) is 0 Å². The number of alkyl halides is 1. The van der Waals surface area contributed by atoms with Crippen LogP contribution in [0.1, 0.15) is 13.3 Å². The SMILES string of the molecule is C[C@@]1(O)[C@@H]2[C@@H]3C[C@H]4[C@@H]5[C@H]3[C@H]1[C@@](O)([C@@H]42)[C@H]5Br. The van der Waals surface area contributed by atoms with Gasteiger partial charge in [-0.2, -0.15) is 0 Å². The second-order valence-corrected chi connectivity index (χ2v) is 7.75. The monoisotopic (exact) mass is 270 g/mol. The topological polar surface area (TPSA) is 40.5 Å². The molecular formula is C12H15BrO2. The molecule has 0 aromatic heterocycles. The summed E-state index contributed by atoms with van der Waals surface area (Å²) in [6, 6.07) is 0. The van der Waals surface area contributed by atoms with Crippen LogP contribution in [0.15, 0.2) is 0 Å². The van der Waals surface area contributed by atoms with Gasteiger partial charge in [0.2, 0.25) is 0 Å². The molecule has 0 saturated heterocycles. The maximum absolute atomic E-state index is 10.9. The first-order chi connectivity index (χ1) is 7.00. The highest BCUT2D eigenvalue weighted by atomic mass is 79.9. The Hall–Kier alpha value is 0.400. The average molecular weight is 271 g/mol. The van der Waals surface area contributed by atoms with Gasteiger partial charge in [-0.15, -0.1) is 0 Å². The van der Waals surface area contributed by atoms with Crippen LogP contribution in [0.4, 0.5) is 0 Å². The molecule has 6 aliphatic carbocycles. The lowest BCUT2D eigenvalue weighted by atomic mass is 9.69. The fourth-order valence-corrected chi connectivity index (χ4v) is 8.39. The van der Waals surface area contributed by atoms with Crippen molar-refractivity contribution in [1.29, 1.82) is 0 Å². The minimum absolute atomic E-state index is 0.165. The van der Waals surface area contributed by atoms with Crippen LogP contribution in [0.3, 0.4) is 0 Å². The number of aliphatic hydroxyl groups is 2. The van der Waals surface area contributed by atoms with Gasteiger partial charge in [0, 0.05) is 10.7 Å². The third-order valence-electron chi connectivity index (χ3n) is 6.79. The first-order valence-electron chi connectivity index (χ1n) is 6.09. The summed E-state index contributed by atoms with van der Waals surface area (Å²) in [4.78, 5) is 0.263. The summed E-state index contributed by atoms with van der Waals surface area (Å²) < 4.78 is 0. The van der Waals surface area contributed by atoms with Crippen molar-refractivity contribution in [3.05, 3.63) is 0 Å². The first kappa shape index (κ1) is 8.48. The van der Waals surface area contributed by atoms with Crippen molar-refractivity contribution in [3.8, 4) is 0 Å². The summed E-state index contributed by atoms with van der Waals surface area (Å²) in [5, 5.41) is 21.6. The Balaban J connectivity index is 1.88. The molecule has 0 amide bonds. The number of hydrogen-bond acceptors (Lipinski definition) is 2. The average Bonchev–Trinajstić information content (AvgIpc) is 2.81. The maximum atomic E-state index is 10.9. The Labute approximate surface area is 97.2 Å². The molecule has 0 aromatic carbocycles. The molecule has 0 heterocycles. The molecular weight excluding hydrogens is 256 g/mol. The van der Waals surface area contributed by atoms with Crippen LogP contribution in [0, 0.1) is 41.4 Å². The van der Waals surface area contributed by atoms with Gasteiger partial charge in [-0.05, 0) is 48.9 Å².